The second kappa shape index (κ2) is 6.97. The van der Waals surface area contributed by atoms with Crippen LogP contribution in [0.15, 0.2) is 22.7 Å². The average Bonchev–Trinajstić information content (AvgIpc) is 2.40. The van der Waals surface area contributed by atoms with Crippen molar-refractivity contribution in [3.8, 4) is 0 Å². The van der Waals surface area contributed by atoms with Crippen molar-refractivity contribution in [2.45, 2.75) is 18.9 Å². The molecule has 0 saturated carbocycles. The van der Waals surface area contributed by atoms with Gasteiger partial charge in [0.15, 0.2) is 0 Å². The van der Waals surface area contributed by atoms with E-state index < -0.39 is 6.43 Å². The van der Waals surface area contributed by atoms with E-state index in [4.69, 9.17) is 11.6 Å². The first-order valence-electron chi connectivity index (χ1n) is 6.26. The second-order valence-electron chi connectivity index (χ2n) is 4.60. The highest BCUT2D eigenvalue weighted by Gasteiger charge is 2.25. The largest absolute Gasteiger partial charge is 0.314 e. The maximum absolute atomic E-state index is 12.8. The van der Waals surface area contributed by atoms with Crippen molar-refractivity contribution in [1.29, 1.82) is 0 Å². The smallest absolute Gasteiger partial charge is 0.240 e. The molecule has 2 rings (SSSR count). The summed E-state index contributed by atoms with van der Waals surface area (Å²) in [7, 11) is 0. The van der Waals surface area contributed by atoms with Crippen molar-refractivity contribution in [3.63, 3.8) is 0 Å². The standard InChI is InChI=1S/C13H16BrClF2N2/c14-10-7-9(1-2-11(10)15)12(8-13(16)17)19-5-3-18-4-6-19/h1-2,7,12-13,18H,3-6,8H2/t12-/m1/s1. The fourth-order valence-electron chi connectivity index (χ4n) is 2.38. The molecule has 0 bridgehead atoms. The number of alkyl halides is 2. The Bertz CT molecular complexity index is 425. The number of halogens is 4. The zero-order valence-corrected chi connectivity index (χ0v) is 12.7. The molecule has 0 spiro atoms. The summed E-state index contributed by atoms with van der Waals surface area (Å²) in [5.74, 6) is 0. The molecule has 19 heavy (non-hydrogen) atoms. The summed E-state index contributed by atoms with van der Waals surface area (Å²) in [6.45, 7) is 3.26. The Morgan fingerprint density at radius 3 is 2.58 bits per heavy atom. The lowest BCUT2D eigenvalue weighted by Gasteiger charge is -2.35. The Morgan fingerprint density at radius 1 is 1.32 bits per heavy atom. The minimum Gasteiger partial charge on any atom is -0.314 e. The normalized spacial score (nSPS) is 18.8. The Hall–Kier alpha value is -0.230. The van der Waals surface area contributed by atoms with E-state index in [1.807, 2.05) is 12.1 Å². The van der Waals surface area contributed by atoms with Gasteiger partial charge in [0.2, 0.25) is 6.43 Å². The van der Waals surface area contributed by atoms with E-state index in [0.29, 0.717) is 5.02 Å². The highest BCUT2D eigenvalue weighted by Crippen LogP contribution is 2.32. The predicted octanol–water partition coefficient (Wildman–Crippen LogP) is 3.70. The minimum absolute atomic E-state index is 0.145. The van der Waals surface area contributed by atoms with Crippen LogP contribution in [0.25, 0.3) is 0 Å². The third-order valence-corrected chi connectivity index (χ3v) is 4.54. The fourth-order valence-corrected chi connectivity index (χ4v) is 2.89. The van der Waals surface area contributed by atoms with E-state index in [1.54, 1.807) is 6.07 Å². The molecule has 1 fully saturated rings. The Morgan fingerprint density at radius 2 is 2.00 bits per heavy atom. The summed E-state index contributed by atoms with van der Waals surface area (Å²) >= 11 is 9.31. The van der Waals surface area contributed by atoms with Gasteiger partial charge in [0.25, 0.3) is 0 Å². The SMILES string of the molecule is FC(F)C[C@H](c1ccc(Cl)c(Br)c1)N1CCNCC1. The van der Waals surface area contributed by atoms with Crippen molar-refractivity contribution in [2.24, 2.45) is 0 Å². The minimum atomic E-state index is -2.31. The number of nitrogens with zero attached hydrogens (tertiary/aromatic N) is 1. The molecule has 1 aliphatic rings. The summed E-state index contributed by atoms with van der Waals surface area (Å²) in [5, 5.41) is 3.83. The summed E-state index contributed by atoms with van der Waals surface area (Å²) in [6.07, 6.45) is -2.46. The number of rotatable bonds is 4. The zero-order chi connectivity index (χ0) is 13.8. The van der Waals surface area contributed by atoms with Crippen LogP contribution in [0.3, 0.4) is 0 Å². The van der Waals surface area contributed by atoms with Crippen molar-refractivity contribution in [3.05, 3.63) is 33.3 Å². The van der Waals surface area contributed by atoms with Gasteiger partial charge in [0.1, 0.15) is 0 Å². The van der Waals surface area contributed by atoms with Crippen LogP contribution < -0.4 is 5.32 Å². The molecular weight excluding hydrogens is 338 g/mol. The third-order valence-electron chi connectivity index (χ3n) is 3.32. The summed E-state index contributed by atoms with van der Waals surface area (Å²) in [4.78, 5) is 2.11. The molecule has 0 amide bonds. The highest BCUT2D eigenvalue weighted by atomic mass is 79.9. The first-order valence-corrected chi connectivity index (χ1v) is 7.43. The second-order valence-corrected chi connectivity index (χ2v) is 5.86. The molecule has 1 N–H and O–H groups in total. The molecule has 6 heteroatoms. The molecule has 0 aromatic heterocycles. The van der Waals surface area contributed by atoms with Crippen LogP contribution >= 0.6 is 27.5 Å². The van der Waals surface area contributed by atoms with E-state index in [2.05, 4.69) is 26.1 Å². The van der Waals surface area contributed by atoms with Crippen LogP contribution in [0.1, 0.15) is 18.0 Å². The lowest BCUT2D eigenvalue weighted by molar-refractivity contribution is 0.0739. The molecule has 106 valence electrons. The molecule has 0 unspecified atom stereocenters. The molecule has 2 nitrogen and oxygen atoms in total. The van der Waals surface area contributed by atoms with E-state index >= 15 is 0 Å². The fraction of sp³-hybridized carbons (Fsp3) is 0.538. The number of hydrogen-bond donors (Lipinski definition) is 1. The van der Waals surface area contributed by atoms with Crippen molar-refractivity contribution in [1.82, 2.24) is 10.2 Å². The quantitative estimate of drug-likeness (QED) is 0.888. The first-order chi connectivity index (χ1) is 9.08. The van der Waals surface area contributed by atoms with Crippen molar-refractivity contribution in [2.75, 3.05) is 26.2 Å². The monoisotopic (exact) mass is 352 g/mol. The number of benzene rings is 1. The molecule has 1 aliphatic heterocycles. The van der Waals surface area contributed by atoms with Gasteiger partial charge in [0.05, 0.1) is 5.02 Å². The van der Waals surface area contributed by atoms with E-state index in [0.717, 1.165) is 36.2 Å². The Kier molecular flexibility index (Phi) is 5.57. The van der Waals surface area contributed by atoms with Crippen LogP contribution in [0.2, 0.25) is 5.02 Å². The molecule has 1 heterocycles. The molecule has 1 aromatic rings. The summed E-state index contributed by atoms with van der Waals surface area (Å²) < 4.78 is 26.4. The molecule has 1 saturated heterocycles. The molecule has 0 aliphatic carbocycles. The molecule has 1 atom stereocenters. The summed E-state index contributed by atoms with van der Waals surface area (Å²) in [5.41, 5.74) is 0.887. The summed E-state index contributed by atoms with van der Waals surface area (Å²) in [6, 6.07) is 5.18. The number of piperazine rings is 1. The van der Waals surface area contributed by atoms with Gasteiger partial charge in [0, 0.05) is 43.1 Å². The molecule has 1 aromatic carbocycles. The van der Waals surface area contributed by atoms with Gasteiger partial charge in [-0.25, -0.2) is 8.78 Å². The average molecular weight is 354 g/mol. The van der Waals surface area contributed by atoms with Crippen LogP contribution in [-0.4, -0.2) is 37.5 Å². The third kappa shape index (κ3) is 4.12. The lowest BCUT2D eigenvalue weighted by atomic mass is 10.0. The maximum Gasteiger partial charge on any atom is 0.240 e. The van der Waals surface area contributed by atoms with Crippen molar-refractivity contribution >= 4 is 27.5 Å². The topological polar surface area (TPSA) is 15.3 Å². The van der Waals surface area contributed by atoms with Crippen LogP contribution in [0, 0.1) is 0 Å². The Labute approximate surface area is 125 Å². The Balaban J connectivity index is 2.22. The van der Waals surface area contributed by atoms with E-state index in [1.165, 1.54) is 0 Å². The van der Waals surface area contributed by atoms with E-state index in [-0.39, 0.29) is 12.5 Å². The van der Waals surface area contributed by atoms with Gasteiger partial charge in [-0.3, -0.25) is 4.90 Å². The zero-order valence-electron chi connectivity index (χ0n) is 10.4. The first kappa shape index (κ1) is 15.2. The van der Waals surface area contributed by atoms with Crippen LogP contribution in [0.5, 0.6) is 0 Å². The molecule has 0 radical (unpaired) electrons. The number of nitrogens with one attached hydrogen (secondary N) is 1. The van der Waals surface area contributed by atoms with Crippen LogP contribution in [-0.2, 0) is 0 Å². The number of hydrogen-bond acceptors (Lipinski definition) is 2. The van der Waals surface area contributed by atoms with Gasteiger partial charge >= 0.3 is 0 Å². The van der Waals surface area contributed by atoms with Gasteiger partial charge in [-0.1, -0.05) is 17.7 Å². The van der Waals surface area contributed by atoms with E-state index in [9.17, 15) is 8.78 Å². The van der Waals surface area contributed by atoms with Gasteiger partial charge in [-0.2, -0.15) is 0 Å². The maximum atomic E-state index is 12.8. The van der Waals surface area contributed by atoms with Gasteiger partial charge in [-0.15, -0.1) is 0 Å². The van der Waals surface area contributed by atoms with Crippen molar-refractivity contribution < 1.29 is 8.78 Å². The highest BCUT2D eigenvalue weighted by molar-refractivity contribution is 9.10. The predicted molar refractivity (Wildman–Crippen MR) is 77.0 cm³/mol. The van der Waals surface area contributed by atoms with Gasteiger partial charge in [-0.05, 0) is 33.6 Å². The lowest BCUT2D eigenvalue weighted by Crippen LogP contribution is -2.45. The molecular formula is C13H16BrClF2N2. The van der Waals surface area contributed by atoms with Gasteiger partial charge < -0.3 is 5.32 Å². The van der Waals surface area contributed by atoms with Crippen LogP contribution in [0.4, 0.5) is 8.78 Å².